The summed E-state index contributed by atoms with van der Waals surface area (Å²) in [6.45, 7) is 14.6. The summed E-state index contributed by atoms with van der Waals surface area (Å²) in [4.78, 5) is 67.7. The highest BCUT2D eigenvalue weighted by Gasteiger charge is 2.70. The van der Waals surface area contributed by atoms with Gasteiger partial charge in [-0.05, 0) is 98.4 Å². The van der Waals surface area contributed by atoms with Gasteiger partial charge in [0.2, 0.25) is 0 Å². The maximum Gasteiger partial charge on any atom is 0.324 e. The van der Waals surface area contributed by atoms with E-state index in [-0.39, 0.29) is 31.0 Å². The van der Waals surface area contributed by atoms with Crippen molar-refractivity contribution in [1.82, 2.24) is 14.8 Å². The Balaban J connectivity index is 1.41. The summed E-state index contributed by atoms with van der Waals surface area (Å²) >= 11 is 1.58. The number of carbonyl (C=O) groups is 4. The van der Waals surface area contributed by atoms with Crippen molar-refractivity contribution < 1.29 is 48.0 Å². The van der Waals surface area contributed by atoms with Gasteiger partial charge in [-0.2, -0.15) is 0 Å². The average Bonchev–Trinajstić information content (AvgIpc) is 3.87. The number of thiophene rings is 1. The number of carbonyl (C=O) groups excluding carboxylic acids is 4. The van der Waals surface area contributed by atoms with Gasteiger partial charge in [0, 0.05) is 46.8 Å². The van der Waals surface area contributed by atoms with E-state index in [4.69, 9.17) is 23.7 Å². The third kappa shape index (κ3) is 8.60. The lowest BCUT2D eigenvalue weighted by Gasteiger charge is -2.48. The van der Waals surface area contributed by atoms with E-state index in [1.165, 1.54) is 6.92 Å². The standard InChI is InChI=1S/C45H63N3O10S/c1-12-33-45(8)37-34(41(53)58-45)48(11)24-43(37,6)38(51)25(2)23-44(7,54-21-15-16-29-18-19-32(59-29)30-17-13-14-20-46-30)39(27(4)35(49)28(5)40(52)56-33)57-42-36(50)31(47(9)10)22-26(3)55-42/h13-20,25-28,31,33-34,36-37,39,42,50H,12,21-24H2,1-11H3/b16-15+/t25-,26-,27+,28-,31+,33+,34?,36-,37?,39-,42+,43?,44+,45-/m1/s1. The van der Waals surface area contributed by atoms with Crippen molar-refractivity contribution in [2.75, 3.05) is 34.3 Å². The molecule has 4 saturated heterocycles. The van der Waals surface area contributed by atoms with Crippen LogP contribution in [0, 0.1) is 29.1 Å². The minimum atomic E-state index is -1.36. The van der Waals surface area contributed by atoms with Gasteiger partial charge in [0.1, 0.15) is 30.0 Å². The number of ether oxygens (including phenoxy) is 5. The summed E-state index contributed by atoms with van der Waals surface area (Å²) in [6.07, 6.45) is 2.03. The Bertz CT molecular complexity index is 1890. The van der Waals surface area contributed by atoms with Gasteiger partial charge in [0.25, 0.3) is 0 Å². The molecule has 0 radical (unpaired) electrons. The number of hydrogen-bond acceptors (Lipinski definition) is 14. The van der Waals surface area contributed by atoms with Crippen molar-refractivity contribution in [2.45, 2.75) is 129 Å². The first-order valence-corrected chi connectivity index (χ1v) is 21.8. The number of ketones is 2. The normalized spacial score (nSPS) is 40.0. The number of likely N-dealkylation sites (tertiary alicyclic amines) is 1. The molecule has 6 rings (SSSR count). The topological polar surface area (TPSA) is 154 Å². The van der Waals surface area contributed by atoms with E-state index in [0.29, 0.717) is 19.4 Å². The molecule has 0 saturated carbocycles. The van der Waals surface area contributed by atoms with Gasteiger partial charge in [-0.1, -0.05) is 39.8 Å². The van der Waals surface area contributed by atoms with Crippen LogP contribution in [-0.4, -0.2) is 132 Å². The molecule has 1 N–H and O–H groups in total. The molecule has 0 aromatic carbocycles. The second-order valence-corrected chi connectivity index (χ2v) is 19.3. The van der Waals surface area contributed by atoms with Crippen molar-refractivity contribution in [2.24, 2.45) is 29.1 Å². The number of aromatic nitrogens is 1. The van der Waals surface area contributed by atoms with Crippen LogP contribution in [0.15, 0.2) is 42.6 Å². The highest BCUT2D eigenvalue weighted by molar-refractivity contribution is 7.16. The molecule has 0 aliphatic carbocycles. The lowest BCUT2D eigenvalue weighted by molar-refractivity contribution is -0.296. The zero-order valence-electron chi connectivity index (χ0n) is 36.4. The number of nitrogens with zero attached hydrogens (tertiary/aromatic N) is 3. The monoisotopic (exact) mass is 837 g/mol. The summed E-state index contributed by atoms with van der Waals surface area (Å²) < 4.78 is 32.2. The summed E-state index contributed by atoms with van der Waals surface area (Å²) in [7, 11) is 5.57. The molecule has 0 spiro atoms. The molecule has 0 amide bonds. The molecule has 4 aliphatic rings. The number of aliphatic hydroxyl groups excluding tert-OH is 1. The predicted octanol–water partition coefficient (Wildman–Crippen LogP) is 5.43. The first-order valence-electron chi connectivity index (χ1n) is 20.9. The summed E-state index contributed by atoms with van der Waals surface area (Å²) in [6, 6.07) is 8.78. The van der Waals surface area contributed by atoms with Crippen molar-refractivity contribution in [3.63, 3.8) is 0 Å². The fourth-order valence-corrected chi connectivity index (χ4v) is 11.4. The molecule has 13 nitrogen and oxygen atoms in total. The maximum atomic E-state index is 15.2. The van der Waals surface area contributed by atoms with Gasteiger partial charge >= 0.3 is 11.9 Å². The minimum absolute atomic E-state index is 0.0840. The van der Waals surface area contributed by atoms with Crippen LogP contribution in [0.25, 0.3) is 16.6 Å². The van der Waals surface area contributed by atoms with Crippen LogP contribution in [-0.2, 0) is 42.9 Å². The summed E-state index contributed by atoms with van der Waals surface area (Å²) in [5, 5.41) is 11.7. The van der Waals surface area contributed by atoms with Gasteiger partial charge in [0.05, 0.1) is 35.0 Å². The Morgan fingerprint density at radius 3 is 2.44 bits per heavy atom. The molecule has 2 aromatic heterocycles. The van der Waals surface area contributed by atoms with Gasteiger partial charge in [0.15, 0.2) is 17.7 Å². The third-order valence-electron chi connectivity index (χ3n) is 13.4. The lowest BCUT2D eigenvalue weighted by Crippen LogP contribution is -2.60. The molecule has 0 bridgehead atoms. The van der Waals surface area contributed by atoms with Gasteiger partial charge in [-0.3, -0.25) is 29.1 Å². The summed E-state index contributed by atoms with van der Waals surface area (Å²) in [5.41, 5.74) is -2.90. The largest absolute Gasteiger partial charge is 0.458 e. The van der Waals surface area contributed by atoms with Crippen LogP contribution in [0.1, 0.15) is 79.5 Å². The molecule has 3 unspecified atom stereocenters. The first kappa shape index (κ1) is 45.2. The molecular formula is C45H63N3O10S. The number of cyclic esters (lactones) is 1. The molecule has 59 heavy (non-hydrogen) atoms. The lowest BCUT2D eigenvalue weighted by atomic mass is 9.62. The molecule has 2 aromatic rings. The van der Waals surface area contributed by atoms with Crippen molar-refractivity contribution in [3.8, 4) is 10.6 Å². The van der Waals surface area contributed by atoms with Crippen molar-refractivity contribution in [1.29, 1.82) is 0 Å². The summed E-state index contributed by atoms with van der Waals surface area (Å²) in [5.74, 6) is -5.34. The number of hydrogen-bond donors (Lipinski definition) is 1. The predicted molar refractivity (Wildman–Crippen MR) is 223 cm³/mol. The number of pyridine rings is 1. The van der Waals surface area contributed by atoms with E-state index in [1.54, 1.807) is 31.4 Å². The molecule has 4 aliphatic heterocycles. The average molecular weight is 838 g/mol. The van der Waals surface area contributed by atoms with Gasteiger partial charge < -0.3 is 33.7 Å². The van der Waals surface area contributed by atoms with Crippen LogP contribution in [0.2, 0.25) is 0 Å². The minimum Gasteiger partial charge on any atom is -0.458 e. The number of likely N-dealkylation sites (N-methyl/N-ethyl adjacent to an activating group) is 2. The molecular weight excluding hydrogens is 775 g/mol. The van der Waals surface area contributed by atoms with Crippen molar-refractivity contribution >= 4 is 40.9 Å². The number of Topliss-reactive ketones (excluding diaryl/α,β-unsaturated/α-hetero) is 2. The zero-order valence-corrected chi connectivity index (χ0v) is 37.2. The molecule has 6 heterocycles. The smallest absolute Gasteiger partial charge is 0.324 e. The van der Waals surface area contributed by atoms with Crippen LogP contribution >= 0.6 is 11.3 Å². The molecule has 14 atom stereocenters. The van der Waals surface area contributed by atoms with E-state index < -0.39 is 88.7 Å². The highest BCUT2D eigenvalue weighted by Crippen LogP contribution is 2.55. The Hall–Kier alpha value is -3.37. The van der Waals surface area contributed by atoms with E-state index in [2.05, 4.69) is 4.98 Å². The molecule has 4 fully saturated rings. The van der Waals surface area contributed by atoms with E-state index in [0.717, 1.165) is 15.4 Å². The van der Waals surface area contributed by atoms with Gasteiger partial charge in [-0.15, -0.1) is 11.3 Å². The molecule has 14 heteroatoms. The Morgan fingerprint density at radius 2 is 1.78 bits per heavy atom. The Morgan fingerprint density at radius 1 is 1.05 bits per heavy atom. The second kappa shape index (κ2) is 17.5. The van der Waals surface area contributed by atoms with Crippen molar-refractivity contribution in [3.05, 3.63) is 47.5 Å². The fourth-order valence-electron chi connectivity index (χ4n) is 10.5. The maximum absolute atomic E-state index is 15.2. The number of aliphatic hydroxyl groups is 1. The second-order valence-electron chi connectivity index (χ2n) is 18.1. The van der Waals surface area contributed by atoms with E-state index in [9.17, 15) is 19.5 Å². The quantitative estimate of drug-likeness (QED) is 0.253. The number of rotatable bonds is 9. The SMILES string of the molecule is CC[C@@H]1OC(=O)[C@H](C)C(=O)[C@H](C)[C@@H](O[C@@H]2O[C@H](C)C[C@H](N(C)C)[C@H]2O)[C@@](C)(OC/C=C/c2ccc(-c3ccccn3)s2)C[C@@H](C)C(=O)C2(C)CN(C)C3C(=O)O[C@@]1(C)C32. The van der Waals surface area contributed by atoms with Gasteiger partial charge in [-0.25, -0.2) is 0 Å². The Kier molecular flexibility index (Phi) is 13.4. The fraction of sp³-hybridized carbons (Fsp3) is 0.667. The van der Waals surface area contributed by atoms with Crippen LogP contribution in [0.5, 0.6) is 0 Å². The van der Waals surface area contributed by atoms with E-state index >= 15 is 4.79 Å². The highest BCUT2D eigenvalue weighted by atomic mass is 32.1. The Labute approximate surface area is 352 Å². The number of esters is 2. The molecule has 324 valence electrons. The third-order valence-corrected chi connectivity index (χ3v) is 14.5. The van der Waals surface area contributed by atoms with Crippen LogP contribution in [0.3, 0.4) is 0 Å². The first-order chi connectivity index (χ1) is 27.7. The van der Waals surface area contributed by atoms with Crippen LogP contribution in [0.4, 0.5) is 0 Å². The zero-order chi connectivity index (χ0) is 43.2. The van der Waals surface area contributed by atoms with E-state index in [1.807, 2.05) is 108 Å². The van der Waals surface area contributed by atoms with Crippen LogP contribution < -0.4 is 0 Å².